The Bertz CT molecular complexity index is 1350. The molecule has 33 heavy (non-hydrogen) atoms. The van der Waals surface area contributed by atoms with Gasteiger partial charge in [0.15, 0.2) is 5.65 Å². The topological polar surface area (TPSA) is 75.0 Å². The predicted molar refractivity (Wildman–Crippen MR) is 130 cm³/mol. The third-order valence-electron chi connectivity index (χ3n) is 5.71. The van der Waals surface area contributed by atoms with Gasteiger partial charge in [0.2, 0.25) is 0 Å². The van der Waals surface area contributed by atoms with Gasteiger partial charge in [-0.15, -0.1) is 0 Å². The zero-order valence-corrected chi connectivity index (χ0v) is 18.9. The van der Waals surface area contributed by atoms with Gasteiger partial charge in [-0.05, 0) is 63.2 Å². The van der Waals surface area contributed by atoms with Gasteiger partial charge < -0.3 is 4.98 Å². The van der Waals surface area contributed by atoms with Gasteiger partial charge in [0.25, 0.3) is 0 Å². The number of pyridine rings is 2. The molecule has 7 heteroatoms. The number of imidazole rings is 1. The van der Waals surface area contributed by atoms with Crippen molar-refractivity contribution in [2.24, 2.45) is 0 Å². The maximum absolute atomic E-state index is 4.99. The smallest absolute Gasteiger partial charge is 0.155 e. The first kappa shape index (κ1) is 21.0. The second kappa shape index (κ2) is 9.34. The van der Waals surface area contributed by atoms with Crippen LogP contribution in [0.4, 0.5) is 0 Å². The normalized spacial score (nSPS) is 11.5. The van der Waals surface area contributed by atoms with Crippen LogP contribution in [0.5, 0.6) is 0 Å². The Labute approximate surface area is 193 Å². The van der Waals surface area contributed by atoms with E-state index in [0.29, 0.717) is 0 Å². The number of H-pyrrole nitrogens is 1. The zero-order valence-electron chi connectivity index (χ0n) is 18.9. The van der Waals surface area contributed by atoms with Crippen LogP contribution in [0.2, 0.25) is 0 Å². The van der Waals surface area contributed by atoms with Crippen LogP contribution in [0.1, 0.15) is 23.5 Å². The lowest BCUT2D eigenvalue weighted by atomic mass is 10.1. The summed E-state index contributed by atoms with van der Waals surface area (Å²) >= 11 is 0. The Morgan fingerprint density at radius 2 is 1.85 bits per heavy atom. The molecule has 0 spiro atoms. The van der Waals surface area contributed by atoms with Crippen molar-refractivity contribution in [3.05, 3.63) is 90.3 Å². The van der Waals surface area contributed by atoms with E-state index in [9.17, 15) is 0 Å². The number of hydrogen-bond donors (Lipinski definition) is 1. The van der Waals surface area contributed by atoms with Crippen molar-refractivity contribution in [1.29, 1.82) is 0 Å². The van der Waals surface area contributed by atoms with Crippen LogP contribution in [0.15, 0.2) is 73.2 Å². The van der Waals surface area contributed by atoms with Crippen LogP contribution in [0, 0.1) is 6.92 Å². The first-order valence-corrected chi connectivity index (χ1v) is 11.2. The molecule has 1 aromatic carbocycles. The lowest BCUT2D eigenvalue weighted by Gasteiger charge is -2.14. The maximum Gasteiger partial charge on any atom is 0.155 e. The second-order valence-corrected chi connectivity index (χ2v) is 8.38. The number of nitrogens with zero attached hydrogens (tertiary/aromatic N) is 6. The summed E-state index contributed by atoms with van der Waals surface area (Å²) < 4.78 is 1.77. The molecule has 0 saturated carbocycles. The number of aromatic nitrogens is 6. The molecule has 7 nitrogen and oxygen atoms in total. The molecule has 5 aromatic rings. The summed E-state index contributed by atoms with van der Waals surface area (Å²) in [6.45, 7) is 3.73. The van der Waals surface area contributed by atoms with Gasteiger partial charge in [-0.3, -0.25) is 9.88 Å². The van der Waals surface area contributed by atoms with Crippen molar-refractivity contribution in [2.75, 3.05) is 13.6 Å². The summed E-state index contributed by atoms with van der Waals surface area (Å²) in [7, 11) is 2.14. The first-order chi connectivity index (χ1) is 16.2. The van der Waals surface area contributed by atoms with Crippen LogP contribution in [0.3, 0.4) is 0 Å². The largest absolute Gasteiger partial charge is 0.339 e. The number of hydrogen-bond acceptors (Lipinski definition) is 5. The fraction of sp³-hybridized carbons (Fsp3) is 0.231. The molecule has 0 amide bonds. The Hall–Kier alpha value is -3.84. The van der Waals surface area contributed by atoms with Crippen molar-refractivity contribution in [3.63, 3.8) is 0 Å². The highest BCUT2D eigenvalue weighted by Crippen LogP contribution is 2.29. The van der Waals surface area contributed by atoms with E-state index in [1.165, 1.54) is 5.56 Å². The van der Waals surface area contributed by atoms with E-state index in [2.05, 4.69) is 57.3 Å². The Morgan fingerprint density at radius 3 is 2.70 bits per heavy atom. The van der Waals surface area contributed by atoms with Gasteiger partial charge in [-0.1, -0.05) is 36.4 Å². The quantitative estimate of drug-likeness (QED) is 0.385. The van der Waals surface area contributed by atoms with Crippen LogP contribution in [-0.4, -0.2) is 48.0 Å². The van der Waals surface area contributed by atoms with E-state index >= 15 is 0 Å². The van der Waals surface area contributed by atoms with Crippen molar-refractivity contribution >= 4 is 5.65 Å². The highest BCUT2D eigenvalue weighted by atomic mass is 15.3. The number of benzene rings is 1. The van der Waals surface area contributed by atoms with Gasteiger partial charge >= 0.3 is 0 Å². The van der Waals surface area contributed by atoms with Gasteiger partial charge in [-0.2, -0.15) is 5.10 Å². The lowest BCUT2D eigenvalue weighted by Crippen LogP contribution is -2.20. The van der Waals surface area contributed by atoms with Crippen molar-refractivity contribution < 1.29 is 0 Å². The molecule has 4 aromatic heterocycles. The van der Waals surface area contributed by atoms with Crippen LogP contribution in [-0.2, 0) is 13.0 Å². The Balaban J connectivity index is 1.39. The van der Waals surface area contributed by atoms with Gasteiger partial charge in [0, 0.05) is 17.5 Å². The highest BCUT2D eigenvalue weighted by Gasteiger charge is 2.17. The SMILES string of the molecule is Cc1cccc(-c2[nH]c(CN(C)CCCc3ccccc3)nc2-c2ccc3ncnn3c2)n1. The molecule has 0 saturated heterocycles. The molecule has 0 aliphatic carbocycles. The molecule has 0 aliphatic heterocycles. The van der Waals surface area contributed by atoms with Crippen LogP contribution >= 0.6 is 0 Å². The van der Waals surface area contributed by atoms with E-state index in [4.69, 9.17) is 9.97 Å². The number of aromatic amines is 1. The molecule has 0 unspecified atom stereocenters. The summed E-state index contributed by atoms with van der Waals surface area (Å²) in [5, 5.41) is 4.28. The van der Waals surface area contributed by atoms with Gasteiger partial charge in [-0.25, -0.2) is 14.5 Å². The van der Waals surface area contributed by atoms with Crippen LogP contribution < -0.4 is 0 Å². The van der Waals surface area contributed by atoms with E-state index in [1.807, 2.05) is 43.5 Å². The number of nitrogens with one attached hydrogen (secondary N) is 1. The molecule has 0 bridgehead atoms. The molecule has 5 rings (SSSR count). The summed E-state index contributed by atoms with van der Waals surface area (Å²) in [6.07, 6.45) is 5.70. The predicted octanol–water partition coefficient (Wildman–Crippen LogP) is 4.55. The molecule has 0 atom stereocenters. The van der Waals surface area contributed by atoms with E-state index in [1.54, 1.807) is 10.8 Å². The standard InChI is InChI=1S/C26H27N7/c1-19-8-6-12-22(29-19)26-25(21-13-14-24-27-18-28-33(24)16-21)30-23(31-26)17-32(2)15-7-11-20-9-4-3-5-10-20/h3-6,8-10,12-14,16,18H,7,11,15,17H2,1-2H3,(H,30,31). The molecule has 166 valence electrons. The minimum atomic E-state index is 0.735. The molecule has 1 N–H and O–H groups in total. The van der Waals surface area contributed by atoms with E-state index in [-0.39, 0.29) is 0 Å². The van der Waals surface area contributed by atoms with Crippen molar-refractivity contribution in [1.82, 2.24) is 34.4 Å². The molecular weight excluding hydrogens is 410 g/mol. The summed E-state index contributed by atoms with van der Waals surface area (Å²) in [4.78, 5) is 19.8. The number of fused-ring (bicyclic) bond motifs is 1. The zero-order chi connectivity index (χ0) is 22.6. The number of rotatable bonds is 8. The maximum atomic E-state index is 4.99. The molecule has 0 radical (unpaired) electrons. The molecule has 4 heterocycles. The Kier molecular flexibility index (Phi) is 5.95. The second-order valence-electron chi connectivity index (χ2n) is 8.38. The fourth-order valence-electron chi connectivity index (χ4n) is 4.06. The van der Waals surface area contributed by atoms with Crippen LogP contribution in [0.25, 0.3) is 28.3 Å². The third-order valence-corrected chi connectivity index (χ3v) is 5.71. The molecule has 0 aliphatic rings. The minimum Gasteiger partial charge on any atom is -0.339 e. The Morgan fingerprint density at radius 1 is 0.970 bits per heavy atom. The van der Waals surface area contributed by atoms with Gasteiger partial charge in [0.1, 0.15) is 12.2 Å². The number of aryl methyl sites for hydroxylation is 2. The van der Waals surface area contributed by atoms with E-state index < -0.39 is 0 Å². The van der Waals surface area contributed by atoms with Crippen molar-refractivity contribution in [2.45, 2.75) is 26.3 Å². The minimum absolute atomic E-state index is 0.735. The summed E-state index contributed by atoms with van der Waals surface area (Å²) in [6, 6.07) is 20.7. The molecular formula is C26H27N7. The highest BCUT2D eigenvalue weighted by molar-refractivity contribution is 5.77. The average Bonchev–Trinajstić information content (AvgIpc) is 3.46. The lowest BCUT2D eigenvalue weighted by molar-refractivity contribution is 0.315. The average molecular weight is 438 g/mol. The summed E-state index contributed by atoms with van der Waals surface area (Å²) in [5.41, 5.74) is 6.81. The van der Waals surface area contributed by atoms with Crippen molar-refractivity contribution in [3.8, 4) is 22.6 Å². The summed E-state index contributed by atoms with van der Waals surface area (Å²) in [5.74, 6) is 0.921. The molecule has 0 fully saturated rings. The van der Waals surface area contributed by atoms with E-state index in [0.717, 1.165) is 65.7 Å². The monoisotopic (exact) mass is 437 g/mol. The fourth-order valence-corrected chi connectivity index (χ4v) is 4.06. The van der Waals surface area contributed by atoms with Gasteiger partial charge in [0.05, 0.1) is 23.6 Å². The third kappa shape index (κ3) is 4.83. The first-order valence-electron chi connectivity index (χ1n) is 11.2.